The van der Waals surface area contributed by atoms with E-state index >= 15 is 0 Å². The maximum Gasteiger partial charge on any atom is 0.310 e. The third-order valence-electron chi connectivity index (χ3n) is 3.57. The van der Waals surface area contributed by atoms with E-state index in [2.05, 4.69) is 0 Å². The van der Waals surface area contributed by atoms with E-state index in [0.29, 0.717) is 18.7 Å². The second kappa shape index (κ2) is 5.79. The third kappa shape index (κ3) is 2.77. The number of rotatable bonds is 2. The molecule has 4 nitrogen and oxygen atoms in total. The minimum atomic E-state index is -0.564. The summed E-state index contributed by atoms with van der Waals surface area (Å²) in [6.07, 6.45) is 0. The van der Waals surface area contributed by atoms with Gasteiger partial charge in [0.25, 0.3) is 5.91 Å². The van der Waals surface area contributed by atoms with E-state index in [4.69, 9.17) is 16.3 Å². The average molecular weight is 300 g/mol. The smallest absolute Gasteiger partial charge is 0.310 e. The van der Waals surface area contributed by atoms with Gasteiger partial charge in [0.1, 0.15) is 5.82 Å². The molecule has 1 heterocycles. The maximum absolute atomic E-state index is 13.1. The number of halogens is 2. The Labute approximate surface area is 121 Å². The van der Waals surface area contributed by atoms with Crippen LogP contribution in [-0.4, -0.2) is 37.0 Å². The molecule has 1 aromatic rings. The van der Waals surface area contributed by atoms with E-state index in [1.165, 1.54) is 19.2 Å². The number of methoxy groups -OCH3 is 1. The van der Waals surface area contributed by atoms with Crippen LogP contribution >= 0.6 is 11.6 Å². The predicted octanol–water partition coefficient (Wildman–Crippen LogP) is 2.36. The van der Waals surface area contributed by atoms with Gasteiger partial charge in [0.15, 0.2) is 0 Å². The number of hydrogen-bond donors (Lipinski definition) is 0. The van der Waals surface area contributed by atoms with E-state index in [1.807, 2.05) is 6.92 Å². The molecule has 1 amide bonds. The number of benzene rings is 1. The monoisotopic (exact) mass is 299 g/mol. The number of hydrogen-bond acceptors (Lipinski definition) is 3. The van der Waals surface area contributed by atoms with Gasteiger partial charge in [0.2, 0.25) is 0 Å². The zero-order chi connectivity index (χ0) is 14.9. The molecule has 0 N–H and O–H groups in total. The maximum atomic E-state index is 13.1. The van der Waals surface area contributed by atoms with Crippen molar-refractivity contribution in [1.82, 2.24) is 4.90 Å². The van der Waals surface area contributed by atoms with Gasteiger partial charge in [-0.05, 0) is 24.1 Å². The molecule has 0 saturated carbocycles. The number of carbonyl (C=O) groups excluding carboxylic acids is 2. The minimum Gasteiger partial charge on any atom is -0.469 e. The van der Waals surface area contributed by atoms with Gasteiger partial charge < -0.3 is 9.64 Å². The fourth-order valence-corrected chi connectivity index (χ4v) is 2.58. The van der Waals surface area contributed by atoms with E-state index in [-0.39, 0.29) is 28.7 Å². The molecular formula is C14H15ClFNO3. The van der Waals surface area contributed by atoms with Gasteiger partial charge in [-0.1, -0.05) is 18.5 Å². The molecule has 1 saturated heterocycles. The lowest BCUT2D eigenvalue weighted by atomic mass is 9.99. The molecule has 2 atom stereocenters. The Kier molecular flexibility index (Phi) is 4.28. The zero-order valence-corrected chi connectivity index (χ0v) is 12.0. The molecule has 1 aliphatic heterocycles. The van der Waals surface area contributed by atoms with Crippen LogP contribution in [-0.2, 0) is 9.53 Å². The largest absolute Gasteiger partial charge is 0.469 e. The molecule has 6 heteroatoms. The molecule has 1 fully saturated rings. The molecule has 20 heavy (non-hydrogen) atoms. The van der Waals surface area contributed by atoms with Crippen molar-refractivity contribution in [3.8, 4) is 0 Å². The van der Waals surface area contributed by atoms with Crippen molar-refractivity contribution in [2.75, 3.05) is 20.2 Å². The highest BCUT2D eigenvalue weighted by Gasteiger charge is 2.37. The van der Waals surface area contributed by atoms with Crippen LogP contribution in [0.25, 0.3) is 0 Å². The van der Waals surface area contributed by atoms with Crippen molar-refractivity contribution in [1.29, 1.82) is 0 Å². The molecule has 0 spiro atoms. The van der Waals surface area contributed by atoms with Gasteiger partial charge in [-0.2, -0.15) is 0 Å². The summed E-state index contributed by atoms with van der Waals surface area (Å²) in [5.74, 6) is -1.43. The van der Waals surface area contributed by atoms with Crippen LogP contribution in [0.4, 0.5) is 4.39 Å². The zero-order valence-electron chi connectivity index (χ0n) is 11.2. The second-order valence-corrected chi connectivity index (χ2v) is 5.35. The number of esters is 1. The van der Waals surface area contributed by atoms with Crippen LogP contribution < -0.4 is 0 Å². The molecule has 2 unspecified atom stereocenters. The summed E-state index contributed by atoms with van der Waals surface area (Å²) in [5, 5.41) is -0.0902. The SMILES string of the molecule is COC(=O)C1CN(C(=O)c2ccc(F)c(Cl)c2)CC1C. The first-order chi connectivity index (χ1) is 9.43. The lowest BCUT2D eigenvalue weighted by Crippen LogP contribution is -2.30. The minimum absolute atomic E-state index is 0.0299. The summed E-state index contributed by atoms with van der Waals surface area (Å²) in [4.78, 5) is 25.5. The standard InChI is InChI=1S/C14H15ClFNO3/c1-8-6-17(7-10(8)14(19)20-2)13(18)9-3-4-12(16)11(15)5-9/h3-5,8,10H,6-7H2,1-2H3. The third-order valence-corrected chi connectivity index (χ3v) is 3.86. The highest BCUT2D eigenvalue weighted by molar-refractivity contribution is 6.31. The summed E-state index contributed by atoms with van der Waals surface area (Å²) in [5.41, 5.74) is 0.314. The Morgan fingerprint density at radius 2 is 2.10 bits per heavy atom. The van der Waals surface area contributed by atoms with Crippen molar-refractivity contribution in [3.63, 3.8) is 0 Å². The molecule has 0 radical (unpaired) electrons. The van der Waals surface area contributed by atoms with Crippen molar-refractivity contribution in [2.45, 2.75) is 6.92 Å². The van der Waals surface area contributed by atoms with Gasteiger partial charge in [0, 0.05) is 18.7 Å². The van der Waals surface area contributed by atoms with Crippen LogP contribution in [0.15, 0.2) is 18.2 Å². The molecule has 0 bridgehead atoms. The highest BCUT2D eigenvalue weighted by Crippen LogP contribution is 2.26. The van der Waals surface area contributed by atoms with Gasteiger partial charge in [-0.3, -0.25) is 9.59 Å². The van der Waals surface area contributed by atoms with Crippen molar-refractivity contribution in [2.24, 2.45) is 11.8 Å². The summed E-state index contributed by atoms with van der Waals surface area (Å²) < 4.78 is 17.8. The summed E-state index contributed by atoms with van der Waals surface area (Å²) >= 11 is 5.67. The number of likely N-dealkylation sites (tertiary alicyclic amines) is 1. The number of amides is 1. The Morgan fingerprint density at radius 3 is 2.70 bits per heavy atom. The van der Waals surface area contributed by atoms with Crippen molar-refractivity contribution in [3.05, 3.63) is 34.6 Å². The Morgan fingerprint density at radius 1 is 1.40 bits per heavy atom. The van der Waals surface area contributed by atoms with Crippen LogP contribution in [0.1, 0.15) is 17.3 Å². The lowest BCUT2D eigenvalue weighted by Gasteiger charge is -2.16. The van der Waals surface area contributed by atoms with Crippen LogP contribution in [0.5, 0.6) is 0 Å². The lowest BCUT2D eigenvalue weighted by molar-refractivity contribution is -0.146. The van der Waals surface area contributed by atoms with Gasteiger partial charge >= 0.3 is 5.97 Å². The molecule has 108 valence electrons. The molecule has 1 aliphatic rings. The molecule has 0 aromatic heterocycles. The predicted molar refractivity (Wildman–Crippen MR) is 72.0 cm³/mol. The van der Waals surface area contributed by atoms with E-state index < -0.39 is 5.82 Å². The highest BCUT2D eigenvalue weighted by atomic mass is 35.5. The average Bonchev–Trinajstić information content (AvgIpc) is 2.82. The van der Waals surface area contributed by atoms with Gasteiger partial charge in [0.05, 0.1) is 18.1 Å². The summed E-state index contributed by atoms with van der Waals surface area (Å²) in [6.45, 7) is 2.67. The Balaban J connectivity index is 2.14. The first-order valence-corrected chi connectivity index (χ1v) is 6.64. The summed E-state index contributed by atoms with van der Waals surface area (Å²) in [6, 6.07) is 3.85. The number of nitrogens with zero attached hydrogens (tertiary/aromatic N) is 1. The molecule has 1 aromatic carbocycles. The van der Waals surface area contributed by atoms with Crippen molar-refractivity contribution >= 4 is 23.5 Å². The number of ether oxygens (including phenoxy) is 1. The summed E-state index contributed by atoms with van der Waals surface area (Å²) in [7, 11) is 1.33. The molecule has 2 rings (SSSR count). The Hall–Kier alpha value is -1.62. The normalized spacial score (nSPS) is 21.9. The van der Waals surface area contributed by atoms with Crippen LogP contribution in [0, 0.1) is 17.7 Å². The fraction of sp³-hybridized carbons (Fsp3) is 0.429. The quantitative estimate of drug-likeness (QED) is 0.788. The fourth-order valence-electron chi connectivity index (χ4n) is 2.40. The van der Waals surface area contributed by atoms with Crippen LogP contribution in [0.2, 0.25) is 5.02 Å². The van der Waals surface area contributed by atoms with Gasteiger partial charge in [-0.15, -0.1) is 0 Å². The van der Waals surface area contributed by atoms with E-state index in [0.717, 1.165) is 6.07 Å². The molecular weight excluding hydrogens is 285 g/mol. The molecule has 0 aliphatic carbocycles. The van der Waals surface area contributed by atoms with Crippen molar-refractivity contribution < 1.29 is 18.7 Å². The number of carbonyl (C=O) groups is 2. The topological polar surface area (TPSA) is 46.6 Å². The van der Waals surface area contributed by atoms with E-state index in [1.54, 1.807) is 4.90 Å². The Bertz CT molecular complexity index is 549. The first kappa shape index (κ1) is 14.8. The van der Waals surface area contributed by atoms with Gasteiger partial charge in [-0.25, -0.2) is 4.39 Å². The van der Waals surface area contributed by atoms with E-state index in [9.17, 15) is 14.0 Å². The van der Waals surface area contributed by atoms with Crippen LogP contribution in [0.3, 0.4) is 0 Å². The first-order valence-electron chi connectivity index (χ1n) is 6.26. The second-order valence-electron chi connectivity index (χ2n) is 4.95.